The van der Waals surface area contributed by atoms with Crippen molar-refractivity contribution in [3.05, 3.63) is 0 Å². The zero-order valence-electron chi connectivity index (χ0n) is 16.6. The van der Waals surface area contributed by atoms with E-state index in [1.807, 2.05) is 20.8 Å². The summed E-state index contributed by atoms with van der Waals surface area (Å²) in [6.07, 6.45) is 4.80. The van der Waals surface area contributed by atoms with Crippen molar-refractivity contribution in [1.29, 1.82) is 0 Å². The molecule has 26 heavy (non-hydrogen) atoms. The summed E-state index contributed by atoms with van der Waals surface area (Å²) in [5.74, 6) is -2.63. The van der Waals surface area contributed by atoms with Gasteiger partial charge in [-0.2, -0.15) is 0 Å². The molecule has 0 fully saturated rings. The lowest BCUT2D eigenvalue weighted by atomic mass is 9.71. The lowest BCUT2D eigenvalue weighted by Gasteiger charge is -2.39. The summed E-state index contributed by atoms with van der Waals surface area (Å²) < 4.78 is 0. The van der Waals surface area contributed by atoms with Crippen LogP contribution in [0.3, 0.4) is 0 Å². The molecule has 0 aliphatic heterocycles. The second-order valence-electron chi connectivity index (χ2n) is 7.02. The van der Waals surface area contributed by atoms with Gasteiger partial charge < -0.3 is 15.3 Å². The van der Waals surface area contributed by atoms with Crippen LogP contribution in [0, 0.1) is 0 Å². The van der Waals surface area contributed by atoms with Gasteiger partial charge in [-0.3, -0.25) is 14.4 Å². The number of hydrogen-bond acceptors (Lipinski definition) is 6. The van der Waals surface area contributed by atoms with Gasteiger partial charge in [-0.1, -0.05) is 52.9 Å². The number of aliphatic hydroxyl groups excluding tert-OH is 1. The fraction of sp³-hybridized carbons (Fsp3) is 0.850. The van der Waals surface area contributed by atoms with E-state index >= 15 is 0 Å². The van der Waals surface area contributed by atoms with E-state index < -0.39 is 35.2 Å². The Morgan fingerprint density at radius 1 is 0.654 bits per heavy atom. The zero-order chi connectivity index (χ0) is 20.2. The molecule has 0 amide bonds. The Bertz CT molecular complexity index is 437. The quantitative estimate of drug-likeness (QED) is 0.283. The van der Waals surface area contributed by atoms with Crippen LogP contribution >= 0.6 is 0 Å². The van der Waals surface area contributed by atoms with Crippen molar-refractivity contribution in [1.82, 2.24) is 0 Å². The average Bonchev–Trinajstić information content (AvgIpc) is 2.64. The summed E-state index contributed by atoms with van der Waals surface area (Å²) in [7, 11) is 0. The molecule has 152 valence electrons. The Morgan fingerprint density at radius 3 is 1.38 bits per heavy atom. The van der Waals surface area contributed by atoms with Crippen molar-refractivity contribution in [3.8, 4) is 0 Å². The minimum Gasteiger partial charge on any atom is -0.393 e. The number of Topliss-reactive ketones (excluding diaryl/α,β-unsaturated/α-hetero) is 3. The van der Waals surface area contributed by atoms with Crippen LogP contribution in [0.15, 0.2) is 0 Å². The van der Waals surface area contributed by atoms with E-state index in [9.17, 15) is 29.7 Å². The molecule has 0 aliphatic carbocycles. The highest BCUT2D eigenvalue weighted by molar-refractivity contribution is 6.16. The maximum atomic E-state index is 12.7. The maximum Gasteiger partial charge on any atom is 0.219 e. The molecular weight excluding hydrogens is 336 g/mol. The molecule has 0 aromatic carbocycles. The van der Waals surface area contributed by atoms with Gasteiger partial charge >= 0.3 is 0 Å². The maximum absolute atomic E-state index is 12.7. The van der Waals surface area contributed by atoms with Crippen LogP contribution in [0.1, 0.15) is 91.4 Å². The van der Waals surface area contributed by atoms with Gasteiger partial charge in [-0.25, -0.2) is 0 Å². The SMILES string of the molecule is CCCCCC(=O)C(O)(C(=O)CCCCC)C(O)(CO)C(=O)CCCC. The Morgan fingerprint density at radius 2 is 1.04 bits per heavy atom. The molecule has 6 nitrogen and oxygen atoms in total. The summed E-state index contributed by atoms with van der Waals surface area (Å²) in [6, 6.07) is 0. The number of aliphatic hydroxyl groups is 3. The number of rotatable bonds is 16. The molecule has 0 spiro atoms. The van der Waals surface area contributed by atoms with E-state index in [4.69, 9.17) is 0 Å². The second kappa shape index (κ2) is 12.3. The molecule has 0 saturated heterocycles. The molecule has 0 aliphatic rings. The monoisotopic (exact) mass is 372 g/mol. The number of hydrogen-bond donors (Lipinski definition) is 3. The molecule has 1 unspecified atom stereocenters. The molecule has 0 saturated carbocycles. The third-order valence-corrected chi connectivity index (χ3v) is 4.87. The summed E-state index contributed by atoms with van der Waals surface area (Å²) in [6.45, 7) is 4.59. The Kier molecular flexibility index (Phi) is 11.8. The first kappa shape index (κ1) is 24.9. The van der Waals surface area contributed by atoms with Gasteiger partial charge in [-0.05, 0) is 19.3 Å². The van der Waals surface area contributed by atoms with E-state index in [0.29, 0.717) is 25.7 Å². The van der Waals surface area contributed by atoms with Gasteiger partial charge in [-0.15, -0.1) is 0 Å². The highest BCUT2D eigenvalue weighted by Crippen LogP contribution is 2.31. The van der Waals surface area contributed by atoms with E-state index in [0.717, 1.165) is 25.7 Å². The van der Waals surface area contributed by atoms with Crippen LogP contribution in [0.2, 0.25) is 0 Å². The van der Waals surface area contributed by atoms with Crippen LogP contribution in [-0.2, 0) is 14.4 Å². The Balaban J connectivity index is 5.73. The van der Waals surface area contributed by atoms with Crippen LogP contribution in [0.4, 0.5) is 0 Å². The number of unbranched alkanes of at least 4 members (excludes halogenated alkanes) is 5. The van der Waals surface area contributed by atoms with Crippen LogP contribution in [0.25, 0.3) is 0 Å². The fourth-order valence-electron chi connectivity index (χ4n) is 3.00. The number of ketones is 3. The van der Waals surface area contributed by atoms with E-state index in [1.165, 1.54) is 0 Å². The summed E-state index contributed by atoms with van der Waals surface area (Å²) in [4.78, 5) is 37.9. The smallest absolute Gasteiger partial charge is 0.219 e. The minimum absolute atomic E-state index is 0.111. The lowest BCUT2D eigenvalue weighted by Crippen LogP contribution is -2.69. The summed E-state index contributed by atoms with van der Waals surface area (Å²) >= 11 is 0. The predicted octanol–water partition coefficient (Wildman–Crippen LogP) is 2.50. The lowest BCUT2D eigenvalue weighted by molar-refractivity contribution is -0.194. The van der Waals surface area contributed by atoms with Crippen LogP contribution in [-0.4, -0.2) is 50.5 Å². The van der Waals surface area contributed by atoms with Gasteiger partial charge in [0.1, 0.15) is 0 Å². The molecule has 0 heterocycles. The Hall–Kier alpha value is -1.11. The minimum atomic E-state index is -2.88. The number of carbonyl (C=O) groups is 3. The van der Waals surface area contributed by atoms with E-state index in [1.54, 1.807) is 0 Å². The molecule has 1 atom stereocenters. The van der Waals surface area contributed by atoms with Crippen molar-refractivity contribution in [2.75, 3.05) is 6.61 Å². The van der Waals surface area contributed by atoms with Gasteiger partial charge in [0.25, 0.3) is 0 Å². The number of carbonyl (C=O) groups excluding carboxylic acids is 3. The summed E-state index contributed by atoms with van der Waals surface area (Å²) in [5, 5.41) is 31.5. The van der Waals surface area contributed by atoms with Crippen LogP contribution in [0.5, 0.6) is 0 Å². The Labute approximate surface area is 157 Å². The standard InChI is InChI=1S/C20H36O6/c1-4-7-10-13-17(23)20(26,18(24)14-11-8-5-2)19(25,15-21)16(22)12-9-6-3/h21,25-26H,4-15H2,1-3H3. The van der Waals surface area contributed by atoms with Gasteiger partial charge in [0.15, 0.2) is 23.0 Å². The van der Waals surface area contributed by atoms with E-state index in [2.05, 4.69) is 0 Å². The fourth-order valence-corrected chi connectivity index (χ4v) is 3.00. The van der Waals surface area contributed by atoms with Gasteiger partial charge in [0.2, 0.25) is 5.60 Å². The first-order chi connectivity index (χ1) is 12.3. The van der Waals surface area contributed by atoms with Crippen molar-refractivity contribution < 1.29 is 29.7 Å². The molecule has 6 heteroatoms. The highest BCUT2D eigenvalue weighted by atomic mass is 16.4. The molecule has 0 bridgehead atoms. The third-order valence-electron chi connectivity index (χ3n) is 4.87. The topological polar surface area (TPSA) is 112 Å². The average molecular weight is 373 g/mol. The van der Waals surface area contributed by atoms with Crippen molar-refractivity contribution in [2.24, 2.45) is 0 Å². The molecule has 0 aromatic heterocycles. The molecule has 0 rings (SSSR count). The first-order valence-electron chi connectivity index (χ1n) is 9.91. The van der Waals surface area contributed by atoms with Crippen molar-refractivity contribution in [3.63, 3.8) is 0 Å². The summed E-state index contributed by atoms with van der Waals surface area (Å²) in [5.41, 5.74) is -5.66. The third kappa shape index (κ3) is 5.96. The second-order valence-corrected chi connectivity index (χ2v) is 7.02. The largest absolute Gasteiger partial charge is 0.393 e. The van der Waals surface area contributed by atoms with Crippen molar-refractivity contribution in [2.45, 2.75) is 103 Å². The van der Waals surface area contributed by atoms with E-state index in [-0.39, 0.29) is 19.3 Å². The van der Waals surface area contributed by atoms with Crippen LogP contribution < -0.4 is 0 Å². The normalized spacial score (nSPS) is 14.1. The zero-order valence-corrected chi connectivity index (χ0v) is 16.6. The highest BCUT2D eigenvalue weighted by Gasteiger charge is 2.62. The molecule has 0 aromatic rings. The molecular formula is C20H36O6. The van der Waals surface area contributed by atoms with Crippen molar-refractivity contribution >= 4 is 17.3 Å². The first-order valence-corrected chi connectivity index (χ1v) is 9.91. The van der Waals surface area contributed by atoms with Gasteiger partial charge in [0, 0.05) is 19.3 Å². The predicted molar refractivity (Wildman–Crippen MR) is 99.8 cm³/mol. The molecule has 3 N–H and O–H groups in total. The molecule has 0 radical (unpaired) electrons. The van der Waals surface area contributed by atoms with Gasteiger partial charge in [0.05, 0.1) is 6.61 Å².